The van der Waals surface area contributed by atoms with Crippen LogP contribution in [0.3, 0.4) is 0 Å². The monoisotopic (exact) mass is 253 g/mol. The van der Waals surface area contributed by atoms with Gasteiger partial charge in [0, 0.05) is 26.1 Å². The van der Waals surface area contributed by atoms with Crippen LogP contribution in [0.25, 0.3) is 0 Å². The summed E-state index contributed by atoms with van der Waals surface area (Å²) in [5.74, 6) is -1.49. The molecular formula is C9H14F3N3O2. The molecule has 1 fully saturated rings. The van der Waals surface area contributed by atoms with Gasteiger partial charge in [-0.1, -0.05) is 0 Å². The van der Waals surface area contributed by atoms with E-state index in [9.17, 15) is 22.8 Å². The molecule has 0 spiro atoms. The fourth-order valence-electron chi connectivity index (χ4n) is 1.42. The minimum absolute atomic E-state index is 0.0142. The molecule has 1 rings (SSSR count). The highest BCUT2D eigenvalue weighted by atomic mass is 19.4. The van der Waals surface area contributed by atoms with Gasteiger partial charge in [-0.2, -0.15) is 13.2 Å². The van der Waals surface area contributed by atoms with Gasteiger partial charge >= 0.3 is 6.18 Å². The standard InChI is InChI=1S/C9H14F3N3O2/c1-8(13,9(10,11)12)7(17)15-4-2-6(16)14-3-5-15/h2-5,13H2,1H3,(H,14,16). The van der Waals surface area contributed by atoms with Crippen molar-refractivity contribution in [2.24, 2.45) is 5.73 Å². The van der Waals surface area contributed by atoms with Crippen molar-refractivity contribution in [2.45, 2.75) is 25.1 Å². The molecule has 98 valence electrons. The first-order valence-corrected chi connectivity index (χ1v) is 5.08. The molecule has 1 saturated heterocycles. The highest BCUT2D eigenvalue weighted by Crippen LogP contribution is 2.29. The second-order valence-corrected chi connectivity index (χ2v) is 4.09. The molecule has 0 radical (unpaired) electrons. The molecule has 1 aliphatic heterocycles. The molecule has 0 aliphatic carbocycles. The predicted molar refractivity (Wildman–Crippen MR) is 52.9 cm³/mol. The van der Waals surface area contributed by atoms with Gasteiger partial charge in [-0.25, -0.2) is 0 Å². The Labute approximate surface area is 96.1 Å². The maximum atomic E-state index is 12.6. The molecule has 1 aliphatic rings. The normalized spacial score (nSPS) is 21.5. The summed E-state index contributed by atoms with van der Waals surface area (Å²) in [4.78, 5) is 23.6. The minimum atomic E-state index is -4.81. The Hall–Kier alpha value is -1.31. The summed E-state index contributed by atoms with van der Waals surface area (Å²) < 4.78 is 37.7. The summed E-state index contributed by atoms with van der Waals surface area (Å²) in [6.45, 7) is 0.759. The summed E-state index contributed by atoms with van der Waals surface area (Å²) in [5.41, 5.74) is 2.12. The fraction of sp³-hybridized carbons (Fsp3) is 0.778. The minimum Gasteiger partial charge on any atom is -0.354 e. The molecule has 8 heteroatoms. The van der Waals surface area contributed by atoms with E-state index in [1.54, 1.807) is 0 Å². The van der Waals surface area contributed by atoms with Crippen LogP contribution in [0.1, 0.15) is 13.3 Å². The number of alkyl halides is 3. The van der Waals surface area contributed by atoms with Crippen molar-refractivity contribution in [1.82, 2.24) is 10.2 Å². The van der Waals surface area contributed by atoms with Crippen molar-refractivity contribution in [1.29, 1.82) is 0 Å². The van der Waals surface area contributed by atoms with Gasteiger partial charge in [-0.05, 0) is 6.92 Å². The predicted octanol–water partition coefficient (Wildman–Crippen LogP) is -0.385. The van der Waals surface area contributed by atoms with Gasteiger partial charge in [-0.3, -0.25) is 9.59 Å². The van der Waals surface area contributed by atoms with E-state index in [0.29, 0.717) is 6.92 Å². The lowest BCUT2D eigenvalue weighted by Crippen LogP contribution is -2.62. The van der Waals surface area contributed by atoms with Crippen LogP contribution in [0.4, 0.5) is 13.2 Å². The van der Waals surface area contributed by atoms with E-state index in [1.807, 2.05) is 0 Å². The van der Waals surface area contributed by atoms with Gasteiger partial charge in [0.05, 0.1) is 0 Å². The van der Waals surface area contributed by atoms with Crippen molar-refractivity contribution in [2.75, 3.05) is 19.6 Å². The average molecular weight is 253 g/mol. The van der Waals surface area contributed by atoms with Crippen LogP contribution in [0.5, 0.6) is 0 Å². The number of hydrogen-bond acceptors (Lipinski definition) is 3. The first-order valence-electron chi connectivity index (χ1n) is 5.08. The molecule has 0 bridgehead atoms. The Morgan fingerprint density at radius 3 is 2.53 bits per heavy atom. The quantitative estimate of drug-likeness (QED) is 0.668. The Balaban J connectivity index is 2.79. The molecule has 0 aromatic carbocycles. The Kier molecular flexibility index (Phi) is 3.65. The smallest absolute Gasteiger partial charge is 0.354 e. The van der Waals surface area contributed by atoms with E-state index in [1.165, 1.54) is 0 Å². The molecule has 2 amide bonds. The number of carbonyl (C=O) groups is 2. The Bertz CT molecular complexity index is 328. The van der Waals surface area contributed by atoms with Crippen molar-refractivity contribution in [3.63, 3.8) is 0 Å². The summed E-state index contributed by atoms with van der Waals surface area (Å²) in [5, 5.41) is 2.46. The van der Waals surface area contributed by atoms with E-state index >= 15 is 0 Å². The van der Waals surface area contributed by atoms with Crippen LogP contribution in [0.2, 0.25) is 0 Å². The van der Waals surface area contributed by atoms with Gasteiger partial charge in [0.2, 0.25) is 5.91 Å². The third-order valence-electron chi connectivity index (χ3n) is 2.63. The average Bonchev–Trinajstić information content (AvgIpc) is 2.40. The number of carbonyl (C=O) groups excluding carboxylic acids is 2. The molecule has 1 unspecified atom stereocenters. The van der Waals surface area contributed by atoms with Crippen molar-refractivity contribution >= 4 is 11.8 Å². The maximum Gasteiger partial charge on any atom is 0.415 e. The van der Waals surface area contributed by atoms with E-state index in [0.717, 1.165) is 4.90 Å². The van der Waals surface area contributed by atoms with Crippen molar-refractivity contribution in [3.8, 4) is 0 Å². The Morgan fingerprint density at radius 1 is 1.41 bits per heavy atom. The van der Waals surface area contributed by atoms with Crippen molar-refractivity contribution < 1.29 is 22.8 Å². The summed E-state index contributed by atoms with van der Waals surface area (Å²) in [6, 6.07) is 0. The molecule has 3 N–H and O–H groups in total. The lowest BCUT2D eigenvalue weighted by molar-refractivity contribution is -0.193. The van der Waals surface area contributed by atoms with E-state index in [4.69, 9.17) is 5.73 Å². The number of nitrogens with zero attached hydrogens (tertiary/aromatic N) is 1. The zero-order chi connectivity index (χ0) is 13.3. The number of rotatable bonds is 1. The van der Waals surface area contributed by atoms with Gasteiger partial charge < -0.3 is 16.0 Å². The molecule has 17 heavy (non-hydrogen) atoms. The van der Waals surface area contributed by atoms with Gasteiger partial charge in [0.1, 0.15) is 0 Å². The van der Waals surface area contributed by atoms with Crippen LogP contribution in [-0.2, 0) is 9.59 Å². The van der Waals surface area contributed by atoms with Gasteiger partial charge in [-0.15, -0.1) is 0 Å². The molecule has 0 aromatic heterocycles. The highest BCUT2D eigenvalue weighted by Gasteiger charge is 2.55. The van der Waals surface area contributed by atoms with Gasteiger partial charge in [0.25, 0.3) is 5.91 Å². The zero-order valence-corrected chi connectivity index (χ0v) is 9.30. The number of nitrogens with one attached hydrogen (secondary N) is 1. The van der Waals surface area contributed by atoms with E-state index < -0.39 is 17.6 Å². The number of amides is 2. The fourth-order valence-corrected chi connectivity index (χ4v) is 1.42. The van der Waals surface area contributed by atoms with Crippen LogP contribution < -0.4 is 11.1 Å². The summed E-state index contributed by atoms with van der Waals surface area (Å²) in [6.07, 6.45) is -4.83. The molecule has 1 heterocycles. The Morgan fingerprint density at radius 2 is 2.00 bits per heavy atom. The summed E-state index contributed by atoms with van der Waals surface area (Å²) in [7, 11) is 0. The van der Waals surface area contributed by atoms with Crippen LogP contribution in [-0.4, -0.2) is 48.1 Å². The molecule has 5 nitrogen and oxygen atoms in total. The van der Waals surface area contributed by atoms with Crippen LogP contribution >= 0.6 is 0 Å². The second-order valence-electron chi connectivity index (χ2n) is 4.09. The third kappa shape index (κ3) is 2.87. The molecular weight excluding hydrogens is 239 g/mol. The molecule has 1 atom stereocenters. The summed E-state index contributed by atoms with van der Waals surface area (Å²) >= 11 is 0. The van der Waals surface area contributed by atoms with Crippen molar-refractivity contribution in [3.05, 3.63) is 0 Å². The number of hydrogen-bond donors (Lipinski definition) is 2. The lowest BCUT2D eigenvalue weighted by atomic mass is 10.0. The SMILES string of the molecule is CC(N)(C(=O)N1CCNC(=O)CC1)C(F)(F)F. The largest absolute Gasteiger partial charge is 0.415 e. The number of halogens is 3. The lowest BCUT2D eigenvalue weighted by Gasteiger charge is -2.32. The second kappa shape index (κ2) is 4.52. The highest BCUT2D eigenvalue weighted by molar-refractivity contribution is 5.87. The zero-order valence-electron chi connectivity index (χ0n) is 9.30. The molecule has 0 aromatic rings. The molecule has 0 saturated carbocycles. The van der Waals surface area contributed by atoms with Crippen LogP contribution in [0, 0.1) is 0 Å². The maximum absolute atomic E-state index is 12.6. The first kappa shape index (κ1) is 13.8. The number of nitrogens with two attached hydrogens (primary N) is 1. The van der Waals surface area contributed by atoms with E-state index in [2.05, 4.69) is 5.32 Å². The topological polar surface area (TPSA) is 75.4 Å². The van der Waals surface area contributed by atoms with Crippen LogP contribution in [0.15, 0.2) is 0 Å². The van der Waals surface area contributed by atoms with E-state index in [-0.39, 0.29) is 32.0 Å². The van der Waals surface area contributed by atoms with Gasteiger partial charge in [0.15, 0.2) is 5.54 Å². The first-order chi connectivity index (χ1) is 7.66. The third-order valence-corrected chi connectivity index (χ3v) is 2.63.